The van der Waals surface area contributed by atoms with Crippen LogP contribution in [0.5, 0.6) is 0 Å². The highest BCUT2D eigenvalue weighted by molar-refractivity contribution is 5.87. The second-order valence-corrected chi connectivity index (χ2v) is 9.02. The van der Waals surface area contributed by atoms with Crippen LogP contribution in [-0.2, 0) is 14.3 Å². The van der Waals surface area contributed by atoms with Crippen molar-refractivity contribution < 1.29 is 19.5 Å². The van der Waals surface area contributed by atoms with Crippen LogP contribution in [0.4, 0.5) is 0 Å². The molecule has 0 spiro atoms. The third kappa shape index (κ3) is 2.46. The van der Waals surface area contributed by atoms with E-state index in [0.717, 1.165) is 51.4 Å². The van der Waals surface area contributed by atoms with Gasteiger partial charge < -0.3 is 9.94 Å². The molecule has 3 saturated carbocycles. The Kier molecular flexibility index (Phi) is 4.24. The van der Waals surface area contributed by atoms with Crippen molar-refractivity contribution in [3.05, 3.63) is 11.6 Å². The lowest BCUT2D eigenvalue weighted by atomic mass is 9.48. The van der Waals surface area contributed by atoms with Crippen LogP contribution in [0, 0.1) is 28.6 Å². The predicted molar refractivity (Wildman–Crippen MR) is 96.9 cm³/mol. The topological polar surface area (TPSA) is 76.0 Å². The Morgan fingerprint density at radius 1 is 1.31 bits per heavy atom. The summed E-state index contributed by atoms with van der Waals surface area (Å²) in [5.41, 5.74) is 0.877. The van der Waals surface area contributed by atoms with Crippen LogP contribution in [0.15, 0.2) is 16.8 Å². The zero-order valence-electron chi connectivity index (χ0n) is 15.7. The first-order valence-corrected chi connectivity index (χ1v) is 9.99. The lowest BCUT2D eigenvalue weighted by Crippen LogP contribution is -2.52. The van der Waals surface area contributed by atoms with Crippen molar-refractivity contribution in [1.29, 1.82) is 0 Å². The van der Waals surface area contributed by atoms with Gasteiger partial charge in [0.1, 0.15) is 11.9 Å². The van der Waals surface area contributed by atoms with Crippen molar-refractivity contribution in [1.82, 2.24) is 0 Å². The molecule has 5 heteroatoms. The van der Waals surface area contributed by atoms with Crippen molar-refractivity contribution >= 4 is 18.0 Å². The van der Waals surface area contributed by atoms with Crippen molar-refractivity contribution in [2.24, 2.45) is 33.7 Å². The van der Waals surface area contributed by atoms with E-state index in [4.69, 9.17) is 4.74 Å². The van der Waals surface area contributed by atoms with Gasteiger partial charge >= 0.3 is 5.97 Å². The second kappa shape index (κ2) is 6.21. The molecule has 142 valence electrons. The molecule has 5 nitrogen and oxygen atoms in total. The quantitative estimate of drug-likeness (QED) is 0.267. The van der Waals surface area contributed by atoms with Crippen LogP contribution in [0.1, 0.15) is 65.2 Å². The summed E-state index contributed by atoms with van der Waals surface area (Å²) in [6.07, 6.45) is 11.0. The number of esters is 1. The molecule has 0 aromatic heterocycles. The molecule has 4 aliphatic rings. The molecule has 1 N–H and O–H groups in total. The molecule has 0 amide bonds. The minimum atomic E-state index is -0.235. The second-order valence-electron chi connectivity index (χ2n) is 9.02. The third-order valence-electron chi connectivity index (χ3n) is 7.99. The van der Waals surface area contributed by atoms with Gasteiger partial charge in [0.25, 0.3) is 0 Å². The van der Waals surface area contributed by atoms with Crippen molar-refractivity contribution in [3.8, 4) is 0 Å². The van der Waals surface area contributed by atoms with Crippen LogP contribution < -0.4 is 0 Å². The fourth-order valence-electron chi connectivity index (χ4n) is 6.78. The van der Waals surface area contributed by atoms with Gasteiger partial charge in [-0.15, -0.1) is 5.16 Å². The lowest BCUT2D eigenvalue weighted by Gasteiger charge is -2.56. The largest absolute Gasteiger partial charge is 0.462 e. The molecule has 0 aliphatic heterocycles. The van der Waals surface area contributed by atoms with Gasteiger partial charge in [0.2, 0.25) is 0 Å². The standard InChI is InChI=1S/C21H29NO4/c1-13(23)26-15-7-10-21(12-22-25)14(11-15)3-4-16-17-5-6-19(24)20(17,2)9-8-18(16)21/h3,12,15-18,25H,4-11H2,1-2H3/t15-,16-,17-,18-,20-,21-/m1/s1. The first-order chi connectivity index (χ1) is 12.4. The number of carbonyl (C=O) groups excluding carboxylic acids is 2. The fraction of sp³-hybridized carbons (Fsp3) is 0.762. The molecule has 0 bridgehead atoms. The summed E-state index contributed by atoms with van der Waals surface area (Å²) in [7, 11) is 0. The summed E-state index contributed by atoms with van der Waals surface area (Å²) in [5.74, 6) is 1.55. The van der Waals surface area contributed by atoms with Gasteiger partial charge in [-0.1, -0.05) is 18.6 Å². The van der Waals surface area contributed by atoms with Gasteiger partial charge in [0.05, 0.1) is 6.21 Å². The third-order valence-corrected chi connectivity index (χ3v) is 7.99. The van der Waals surface area contributed by atoms with Crippen LogP contribution in [-0.4, -0.2) is 29.3 Å². The summed E-state index contributed by atoms with van der Waals surface area (Å²) in [6.45, 7) is 3.63. The molecule has 0 heterocycles. The normalized spacial score (nSPS) is 44.8. The van der Waals surface area contributed by atoms with E-state index in [9.17, 15) is 14.8 Å². The summed E-state index contributed by atoms with van der Waals surface area (Å²) >= 11 is 0. The number of Topliss-reactive ketones (excluding diaryl/α,β-unsaturated/α-hetero) is 1. The average molecular weight is 359 g/mol. The maximum Gasteiger partial charge on any atom is 0.302 e. The number of rotatable bonds is 2. The molecule has 0 saturated heterocycles. The number of carbonyl (C=O) groups is 2. The Hall–Kier alpha value is -1.65. The fourth-order valence-corrected chi connectivity index (χ4v) is 6.78. The van der Waals surface area contributed by atoms with Crippen molar-refractivity contribution in [3.63, 3.8) is 0 Å². The number of oxime groups is 1. The molecule has 0 unspecified atom stereocenters. The molecular formula is C21H29NO4. The van der Waals surface area contributed by atoms with Gasteiger partial charge in [-0.25, -0.2) is 0 Å². The zero-order valence-corrected chi connectivity index (χ0v) is 15.7. The molecule has 4 aliphatic carbocycles. The van der Waals surface area contributed by atoms with E-state index in [1.807, 2.05) is 0 Å². The lowest BCUT2D eigenvalue weighted by molar-refractivity contribution is -0.148. The maximum atomic E-state index is 12.5. The predicted octanol–water partition coefficient (Wildman–Crippen LogP) is 3.89. The minimum Gasteiger partial charge on any atom is -0.462 e. The average Bonchev–Trinajstić information content (AvgIpc) is 2.90. The smallest absolute Gasteiger partial charge is 0.302 e. The molecule has 6 atom stereocenters. The van der Waals surface area contributed by atoms with Gasteiger partial charge in [0.15, 0.2) is 0 Å². The zero-order chi connectivity index (χ0) is 18.5. The number of fused-ring (bicyclic) bond motifs is 5. The molecule has 0 aromatic rings. The van der Waals surface area contributed by atoms with Gasteiger partial charge in [-0.05, 0) is 56.3 Å². The van der Waals surface area contributed by atoms with Crippen molar-refractivity contribution in [2.45, 2.75) is 71.3 Å². The Morgan fingerprint density at radius 3 is 2.85 bits per heavy atom. The highest BCUT2D eigenvalue weighted by Gasteiger charge is 2.59. The number of hydrogen-bond donors (Lipinski definition) is 1. The maximum absolute atomic E-state index is 12.5. The van der Waals surface area contributed by atoms with Gasteiger partial charge in [0, 0.05) is 30.6 Å². The summed E-state index contributed by atoms with van der Waals surface area (Å²) in [5, 5.41) is 12.9. The summed E-state index contributed by atoms with van der Waals surface area (Å²) < 4.78 is 5.47. The first-order valence-electron chi connectivity index (χ1n) is 9.99. The molecule has 3 fully saturated rings. The number of hydrogen-bond acceptors (Lipinski definition) is 5. The monoisotopic (exact) mass is 359 g/mol. The summed E-state index contributed by atoms with van der Waals surface area (Å²) in [4.78, 5) is 23.9. The van der Waals surface area contributed by atoms with E-state index < -0.39 is 0 Å². The Bertz CT molecular complexity index is 683. The summed E-state index contributed by atoms with van der Waals surface area (Å²) in [6, 6.07) is 0. The number of ether oxygens (including phenoxy) is 1. The highest BCUT2D eigenvalue weighted by atomic mass is 16.5. The van der Waals surface area contributed by atoms with E-state index in [0.29, 0.717) is 23.5 Å². The Balaban J connectivity index is 1.67. The van der Waals surface area contributed by atoms with Crippen LogP contribution >= 0.6 is 0 Å². The van der Waals surface area contributed by atoms with Crippen LogP contribution in [0.25, 0.3) is 0 Å². The molecule has 26 heavy (non-hydrogen) atoms. The molecule has 0 aromatic carbocycles. The van der Waals surface area contributed by atoms with E-state index in [-0.39, 0.29) is 22.9 Å². The highest BCUT2D eigenvalue weighted by Crippen LogP contribution is 2.63. The molecule has 4 rings (SSSR count). The van der Waals surface area contributed by atoms with Crippen molar-refractivity contribution in [2.75, 3.05) is 0 Å². The Labute approximate surface area is 154 Å². The number of nitrogens with zero attached hydrogens (tertiary/aromatic N) is 1. The first kappa shape index (κ1) is 17.7. The van der Waals surface area contributed by atoms with E-state index in [2.05, 4.69) is 18.2 Å². The number of ketones is 1. The number of allylic oxidation sites excluding steroid dienone is 1. The van der Waals surface area contributed by atoms with Gasteiger partial charge in [-0.2, -0.15) is 0 Å². The van der Waals surface area contributed by atoms with E-state index >= 15 is 0 Å². The molecular weight excluding hydrogens is 330 g/mol. The SMILES string of the molecule is CC(=O)O[C@@H]1CC[C@@]2(C=NO)C(=CC[C@@H]3[C@H]4CCC(=O)[C@]4(C)CC[C@H]32)C1. The van der Waals surface area contributed by atoms with E-state index in [1.54, 1.807) is 6.21 Å². The van der Waals surface area contributed by atoms with Gasteiger partial charge in [-0.3, -0.25) is 9.59 Å². The van der Waals surface area contributed by atoms with Crippen LogP contribution in [0.2, 0.25) is 0 Å². The molecule has 0 radical (unpaired) electrons. The minimum absolute atomic E-state index is 0.0718. The van der Waals surface area contributed by atoms with Crippen LogP contribution in [0.3, 0.4) is 0 Å². The van der Waals surface area contributed by atoms with E-state index in [1.165, 1.54) is 12.5 Å². The Morgan fingerprint density at radius 2 is 2.12 bits per heavy atom.